The Bertz CT molecular complexity index is 490. The van der Waals surface area contributed by atoms with Crippen LogP contribution in [0.2, 0.25) is 0 Å². The third kappa shape index (κ3) is 3.06. The van der Waals surface area contributed by atoms with Gasteiger partial charge in [-0.3, -0.25) is 0 Å². The van der Waals surface area contributed by atoms with Gasteiger partial charge in [0.15, 0.2) is 0 Å². The summed E-state index contributed by atoms with van der Waals surface area (Å²) in [4.78, 5) is 6.72. The van der Waals surface area contributed by atoms with E-state index >= 15 is 0 Å². The summed E-state index contributed by atoms with van der Waals surface area (Å²) in [7, 11) is 0. The zero-order chi connectivity index (χ0) is 12.9. The van der Waals surface area contributed by atoms with Crippen LogP contribution < -0.4 is 10.2 Å². The van der Waals surface area contributed by atoms with Gasteiger partial charge in [0.25, 0.3) is 0 Å². The fourth-order valence-electron chi connectivity index (χ4n) is 2.07. The van der Waals surface area contributed by atoms with Crippen LogP contribution in [0, 0.1) is 0 Å². The summed E-state index contributed by atoms with van der Waals surface area (Å²) in [5.74, 6) is 1.92. The van der Waals surface area contributed by atoms with E-state index in [9.17, 15) is 0 Å². The summed E-state index contributed by atoms with van der Waals surface area (Å²) >= 11 is 0. The molecule has 0 spiro atoms. The standard InChI is InChI=1S/C14H17N3O2/c1-2-13(19-7-1)11-15-12-3-4-14(16-10-12)17-5-8-18-9-6-17/h1-4,7,10,15H,5-6,8-9,11H2. The second-order valence-electron chi connectivity index (χ2n) is 4.44. The number of morpholine rings is 1. The van der Waals surface area contributed by atoms with E-state index in [1.165, 1.54) is 0 Å². The van der Waals surface area contributed by atoms with Gasteiger partial charge in [-0.15, -0.1) is 0 Å². The molecule has 5 heteroatoms. The third-order valence-electron chi connectivity index (χ3n) is 3.13. The van der Waals surface area contributed by atoms with E-state index in [0.29, 0.717) is 6.54 Å². The highest BCUT2D eigenvalue weighted by Crippen LogP contribution is 2.16. The summed E-state index contributed by atoms with van der Waals surface area (Å²) in [5, 5.41) is 3.28. The Morgan fingerprint density at radius 1 is 1.21 bits per heavy atom. The predicted molar refractivity (Wildman–Crippen MR) is 73.3 cm³/mol. The van der Waals surface area contributed by atoms with E-state index in [0.717, 1.165) is 43.6 Å². The molecule has 1 N–H and O–H groups in total. The Kier molecular flexibility index (Phi) is 3.65. The van der Waals surface area contributed by atoms with Crippen molar-refractivity contribution < 1.29 is 9.15 Å². The molecule has 5 nitrogen and oxygen atoms in total. The van der Waals surface area contributed by atoms with Gasteiger partial charge in [-0.05, 0) is 24.3 Å². The second-order valence-corrected chi connectivity index (χ2v) is 4.44. The number of rotatable bonds is 4. The van der Waals surface area contributed by atoms with Crippen LogP contribution in [0.25, 0.3) is 0 Å². The van der Waals surface area contributed by atoms with Crippen molar-refractivity contribution in [2.45, 2.75) is 6.54 Å². The maximum atomic E-state index is 5.33. The minimum absolute atomic E-state index is 0.672. The van der Waals surface area contributed by atoms with Crippen molar-refractivity contribution in [2.75, 3.05) is 36.5 Å². The van der Waals surface area contributed by atoms with Crippen molar-refractivity contribution in [2.24, 2.45) is 0 Å². The largest absolute Gasteiger partial charge is 0.467 e. The lowest BCUT2D eigenvalue weighted by atomic mass is 10.3. The summed E-state index contributed by atoms with van der Waals surface area (Å²) < 4.78 is 10.6. The van der Waals surface area contributed by atoms with Gasteiger partial charge in [0, 0.05) is 13.1 Å². The van der Waals surface area contributed by atoms with Gasteiger partial charge in [0.05, 0.1) is 37.9 Å². The fraction of sp³-hybridized carbons (Fsp3) is 0.357. The van der Waals surface area contributed by atoms with Crippen LogP contribution in [-0.2, 0) is 11.3 Å². The van der Waals surface area contributed by atoms with Crippen molar-refractivity contribution in [1.29, 1.82) is 0 Å². The first kappa shape index (κ1) is 12.0. The number of hydrogen-bond acceptors (Lipinski definition) is 5. The maximum absolute atomic E-state index is 5.33. The third-order valence-corrected chi connectivity index (χ3v) is 3.13. The van der Waals surface area contributed by atoms with Crippen molar-refractivity contribution in [3.8, 4) is 0 Å². The van der Waals surface area contributed by atoms with Crippen molar-refractivity contribution in [3.05, 3.63) is 42.5 Å². The van der Waals surface area contributed by atoms with Gasteiger partial charge in [0.1, 0.15) is 11.6 Å². The highest BCUT2D eigenvalue weighted by atomic mass is 16.5. The summed E-state index contributed by atoms with van der Waals surface area (Å²) in [6, 6.07) is 7.91. The van der Waals surface area contributed by atoms with E-state index in [2.05, 4.69) is 15.2 Å². The molecule has 100 valence electrons. The number of ether oxygens (including phenoxy) is 1. The maximum Gasteiger partial charge on any atom is 0.128 e. The first-order valence-corrected chi connectivity index (χ1v) is 6.47. The number of nitrogens with one attached hydrogen (secondary N) is 1. The molecule has 1 fully saturated rings. The lowest BCUT2D eigenvalue weighted by Crippen LogP contribution is -2.36. The van der Waals surface area contributed by atoms with Gasteiger partial charge in [-0.1, -0.05) is 0 Å². The first-order valence-electron chi connectivity index (χ1n) is 6.47. The lowest BCUT2D eigenvalue weighted by molar-refractivity contribution is 0.122. The average Bonchev–Trinajstić information content (AvgIpc) is 3.00. The topological polar surface area (TPSA) is 50.5 Å². The minimum Gasteiger partial charge on any atom is -0.467 e. The van der Waals surface area contributed by atoms with Crippen LogP contribution in [0.4, 0.5) is 11.5 Å². The van der Waals surface area contributed by atoms with Gasteiger partial charge in [0.2, 0.25) is 0 Å². The molecule has 0 unspecified atom stereocenters. The molecule has 1 aliphatic heterocycles. The van der Waals surface area contributed by atoms with Crippen LogP contribution in [0.3, 0.4) is 0 Å². The molecular formula is C14H17N3O2. The molecule has 0 amide bonds. The number of furan rings is 1. The second kappa shape index (κ2) is 5.75. The fourth-order valence-corrected chi connectivity index (χ4v) is 2.07. The molecular weight excluding hydrogens is 242 g/mol. The highest BCUT2D eigenvalue weighted by molar-refractivity contribution is 5.48. The molecule has 1 saturated heterocycles. The molecule has 0 atom stereocenters. The molecule has 2 aromatic heterocycles. The predicted octanol–water partition coefficient (Wildman–Crippen LogP) is 2.12. The van der Waals surface area contributed by atoms with Crippen LogP contribution in [0.15, 0.2) is 41.1 Å². The highest BCUT2D eigenvalue weighted by Gasteiger charge is 2.11. The van der Waals surface area contributed by atoms with Crippen LogP contribution >= 0.6 is 0 Å². The Morgan fingerprint density at radius 2 is 2.11 bits per heavy atom. The molecule has 0 bridgehead atoms. The van der Waals surface area contributed by atoms with E-state index < -0.39 is 0 Å². The Morgan fingerprint density at radius 3 is 2.79 bits per heavy atom. The normalized spacial score (nSPS) is 15.5. The van der Waals surface area contributed by atoms with Gasteiger partial charge < -0.3 is 19.4 Å². The Balaban J connectivity index is 1.58. The SMILES string of the molecule is c1coc(CNc2ccc(N3CCOCC3)nc2)c1. The molecule has 0 aromatic carbocycles. The van der Waals surface area contributed by atoms with Crippen LogP contribution in [0.5, 0.6) is 0 Å². The van der Waals surface area contributed by atoms with Gasteiger partial charge in [-0.2, -0.15) is 0 Å². The number of hydrogen-bond donors (Lipinski definition) is 1. The van der Waals surface area contributed by atoms with E-state index in [-0.39, 0.29) is 0 Å². The van der Waals surface area contributed by atoms with E-state index in [1.54, 1.807) is 6.26 Å². The summed E-state index contributed by atoms with van der Waals surface area (Å²) in [5.41, 5.74) is 0.994. The smallest absolute Gasteiger partial charge is 0.128 e. The van der Waals surface area contributed by atoms with Gasteiger partial charge >= 0.3 is 0 Å². The van der Waals surface area contributed by atoms with Crippen molar-refractivity contribution in [3.63, 3.8) is 0 Å². The lowest BCUT2D eigenvalue weighted by Gasteiger charge is -2.27. The van der Waals surface area contributed by atoms with Crippen LogP contribution in [-0.4, -0.2) is 31.3 Å². The first-order chi connectivity index (χ1) is 9.42. The van der Waals surface area contributed by atoms with Gasteiger partial charge in [-0.25, -0.2) is 4.98 Å². The van der Waals surface area contributed by atoms with Crippen molar-refractivity contribution in [1.82, 2.24) is 4.98 Å². The Labute approximate surface area is 112 Å². The molecule has 0 radical (unpaired) electrons. The number of pyridine rings is 1. The summed E-state index contributed by atoms with van der Waals surface area (Å²) in [6.07, 6.45) is 3.53. The zero-order valence-electron chi connectivity index (χ0n) is 10.7. The number of aromatic nitrogens is 1. The summed E-state index contributed by atoms with van der Waals surface area (Å²) in [6.45, 7) is 4.05. The molecule has 1 aliphatic rings. The number of anilines is 2. The molecule has 2 aromatic rings. The molecule has 3 rings (SSSR count). The van der Waals surface area contributed by atoms with E-state index in [1.807, 2.05) is 30.5 Å². The monoisotopic (exact) mass is 259 g/mol. The number of nitrogens with zero attached hydrogens (tertiary/aromatic N) is 2. The zero-order valence-corrected chi connectivity index (χ0v) is 10.7. The minimum atomic E-state index is 0.672. The van der Waals surface area contributed by atoms with E-state index in [4.69, 9.17) is 9.15 Å². The molecule has 3 heterocycles. The molecule has 0 saturated carbocycles. The quantitative estimate of drug-likeness (QED) is 0.911. The Hall–Kier alpha value is -2.01. The molecule has 0 aliphatic carbocycles. The molecule has 19 heavy (non-hydrogen) atoms. The average molecular weight is 259 g/mol. The van der Waals surface area contributed by atoms with Crippen LogP contribution in [0.1, 0.15) is 5.76 Å². The van der Waals surface area contributed by atoms with Crippen molar-refractivity contribution >= 4 is 11.5 Å².